The van der Waals surface area contributed by atoms with Crippen LogP contribution in [0.15, 0.2) is 59.5 Å². The zero-order valence-electron chi connectivity index (χ0n) is 10.7. The van der Waals surface area contributed by atoms with Gasteiger partial charge in [0.25, 0.3) is 10.0 Å². The number of anilines is 1. The van der Waals surface area contributed by atoms with Gasteiger partial charge in [0.05, 0.1) is 23.3 Å². The molecule has 0 radical (unpaired) electrons. The summed E-state index contributed by atoms with van der Waals surface area (Å²) in [5.41, 5.74) is 0.345. The molecule has 20 heavy (non-hydrogen) atoms. The molecule has 0 spiro atoms. The number of benzene rings is 2. The number of esters is 1. The fourth-order valence-electron chi connectivity index (χ4n) is 1.66. The van der Waals surface area contributed by atoms with E-state index in [0.29, 0.717) is 0 Å². The van der Waals surface area contributed by atoms with Crippen LogP contribution in [0.3, 0.4) is 0 Å². The van der Waals surface area contributed by atoms with Crippen LogP contribution in [0.25, 0.3) is 0 Å². The van der Waals surface area contributed by atoms with E-state index in [4.69, 9.17) is 0 Å². The zero-order chi connectivity index (χ0) is 14.6. The van der Waals surface area contributed by atoms with Crippen molar-refractivity contribution in [3.05, 3.63) is 60.2 Å². The number of methoxy groups -OCH3 is 1. The molecule has 0 atom stereocenters. The number of carbonyl (C=O) groups is 1. The lowest BCUT2D eigenvalue weighted by atomic mass is 10.2. The first kappa shape index (κ1) is 14.1. The van der Waals surface area contributed by atoms with E-state index in [-0.39, 0.29) is 16.1 Å². The normalized spacial score (nSPS) is 10.8. The van der Waals surface area contributed by atoms with Crippen LogP contribution in [0, 0.1) is 0 Å². The minimum Gasteiger partial charge on any atom is -0.465 e. The van der Waals surface area contributed by atoms with Crippen molar-refractivity contribution in [2.45, 2.75) is 4.90 Å². The van der Waals surface area contributed by atoms with Crippen LogP contribution in [0.1, 0.15) is 10.4 Å². The van der Waals surface area contributed by atoms with Gasteiger partial charge >= 0.3 is 5.97 Å². The summed E-state index contributed by atoms with van der Waals surface area (Å²) in [6.07, 6.45) is 0. The molecule has 0 unspecified atom stereocenters. The quantitative estimate of drug-likeness (QED) is 0.877. The van der Waals surface area contributed by atoms with E-state index < -0.39 is 16.0 Å². The van der Waals surface area contributed by atoms with Crippen molar-refractivity contribution >= 4 is 21.7 Å². The number of rotatable bonds is 4. The van der Waals surface area contributed by atoms with E-state index in [9.17, 15) is 13.2 Å². The SMILES string of the molecule is COC(=O)c1ccccc1NS(=O)(=O)c1ccccc1. The molecule has 104 valence electrons. The van der Waals surface area contributed by atoms with E-state index >= 15 is 0 Å². The van der Waals surface area contributed by atoms with Gasteiger partial charge < -0.3 is 4.74 Å². The summed E-state index contributed by atoms with van der Waals surface area (Å²) in [5.74, 6) is -0.601. The molecule has 0 heterocycles. The Labute approximate surface area is 117 Å². The summed E-state index contributed by atoms with van der Waals surface area (Å²) >= 11 is 0. The van der Waals surface area contributed by atoms with Crippen molar-refractivity contribution in [3.8, 4) is 0 Å². The predicted octanol–water partition coefficient (Wildman–Crippen LogP) is 2.27. The second-order valence-corrected chi connectivity index (χ2v) is 5.64. The summed E-state index contributed by atoms with van der Waals surface area (Å²) in [6, 6.07) is 14.2. The zero-order valence-corrected chi connectivity index (χ0v) is 11.6. The molecule has 0 aliphatic carbocycles. The summed E-state index contributed by atoms with van der Waals surface area (Å²) < 4.78 is 31.4. The molecule has 0 fully saturated rings. The van der Waals surface area contributed by atoms with Gasteiger partial charge in [0.2, 0.25) is 0 Å². The fraction of sp³-hybridized carbons (Fsp3) is 0.0714. The van der Waals surface area contributed by atoms with Gasteiger partial charge in [-0.2, -0.15) is 0 Å². The summed E-state index contributed by atoms with van der Waals surface area (Å²) in [7, 11) is -2.49. The van der Waals surface area contributed by atoms with E-state index in [1.807, 2.05) is 0 Å². The molecule has 0 aliphatic heterocycles. The monoisotopic (exact) mass is 291 g/mol. The Balaban J connectivity index is 2.38. The molecule has 0 saturated carbocycles. The molecule has 2 aromatic rings. The van der Waals surface area contributed by atoms with Crippen molar-refractivity contribution in [2.24, 2.45) is 0 Å². The molecule has 0 bridgehead atoms. The van der Waals surface area contributed by atoms with Gasteiger partial charge in [-0.3, -0.25) is 4.72 Å². The summed E-state index contributed by atoms with van der Waals surface area (Å²) in [5, 5.41) is 0. The molecule has 2 aromatic carbocycles. The molecular weight excluding hydrogens is 278 g/mol. The Morgan fingerprint density at radius 1 is 1.00 bits per heavy atom. The molecule has 5 nitrogen and oxygen atoms in total. The van der Waals surface area contributed by atoms with E-state index in [0.717, 1.165) is 0 Å². The third-order valence-electron chi connectivity index (χ3n) is 2.63. The molecular formula is C14H13NO4S. The van der Waals surface area contributed by atoms with Crippen LogP contribution >= 0.6 is 0 Å². The Hall–Kier alpha value is -2.34. The predicted molar refractivity (Wildman–Crippen MR) is 75.0 cm³/mol. The highest BCUT2D eigenvalue weighted by atomic mass is 32.2. The largest absolute Gasteiger partial charge is 0.465 e. The Kier molecular flexibility index (Phi) is 4.05. The third-order valence-corrected chi connectivity index (χ3v) is 4.01. The lowest BCUT2D eigenvalue weighted by Crippen LogP contribution is -2.15. The van der Waals surface area contributed by atoms with Crippen LogP contribution in [-0.2, 0) is 14.8 Å². The number of carbonyl (C=O) groups excluding carboxylic acids is 1. The molecule has 0 saturated heterocycles. The van der Waals surface area contributed by atoms with E-state index in [1.165, 1.54) is 31.4 Å². The summed E-state index contributed by atoms with van der Waals surface area (Å²) in [6.45, 7) is 0. The number of hydrogen-bond acceptors (Lipinski definition) is 4. The highest BCUT2D eigenvalue weighted by molar-refractivity contribution is 7.92. The van der Waals surface area contributed by atoms with Crippen molar-refractivity contribution < 1.29 is 17.9 Å². The highest BCUT2D eigenvalue weighted by Crippen LogP contribution is 2.20. The van der Waals surface area contributed by atoms with Gasteiger partial charge in [0.1, 0.15) is 0 Å². The standard InChI is InChI=1S/C14H13NO4S/c1-19-14(16)12-9-5-6-10-13(12)15-20(17,18)11-7-3-2-4-8-11/h2-10,15H,1H3. The average Bonchev–Trinajstić information content (AvgIpc) is 2.47. The van der Waals surface area contributed by atoms with Gasteiger partial charge in [0.15, 0.2) is 0 Å². The maximum atomic E-state index is 12.2. The Bertz CT molecular complexity index is 711. The number of para-hydroxylation sites is 1. The van der Waals surface area contributed by atoms with Crippen LogP contribution in [0.5, 0.6) is 0 Å². The third kappa shape index (κ3) is 2.97. The average molecular weight is 291 g/mol. The highest BCUT2D eigenvalue weighted by Gasteiger charge is 2.18. The molecule has 1 N–H and O–H groups in total. The molecule has 0 amide bonds. The molecule has 0 aromatic heterocycles. The van der Waals surface area contributed by atoms with Gasteiger partial charge in [-0.05, 0) is 24.3 Å². The smallest absolute Gasteiger partial charge is 0.339 e. The second-order valence-electron chi connectivity index (χ2n) is 3.96. The number of hydrogen-bond donors (Lipinski definition) is 1. The lowest BCUT2D eigenvalue weighted by molar-refractivity contribution is 0.0602. The topological polar surface area (TPSA) is 72.5 Å². The Morgan fingerprint density at radius 3 is 2.25 bits per heavy atom. The van der Waals surface area contributed by atoms with Gasteiger partial charge in [-0.1, -0.05) is 30.3 Å². The first-order valence-corrected chi connectivity index (χ1v) is 7.28. The summed E-state index contributed by atoms with van der Waals surface area (Å²) in [4.78, 5) is 11.7. The van der Waals surface area contributed by atoms with Gasteiger partial charge in [0, 0.05) is 0 Å². The van der Waals surface area contributed by atoms with Crippen LogP contribution in [0.2, 0.25) is 0 Å². The molecule has 2 rings (SSSR count). The number of nitrogens with one attached hydrogen (secondary N) is 1. The Morgan fingerprint density at radius 2 is 1.60 bits per heavy atom. The maximum Gasteiger partial charge on any atom is 0.339 e. The van der Waals surface area contributed by atoms with Crippen LogP contribution in [-0.4, -0.2) is 21.5 Å². The number of sulfonamides is 1. The van der Waals surface area contributed by atoms with Crippen LogP contribution in [0.4, 0.5) is 5.69 Å². The van der Waals surface area contributed by atoms with Crippen molar-refractivity contribution in [1.29, 1.82) is 0 Å². The molecule has 0 aliphatic rings. The minimum atomic E-state index is -3.74. The fourth-order valence-corrected chi connectivity index (χ4v) is 2.76. The minimum absolute atomic E-state index is 0.125. The van der Waals surface area contributed by atoms with Gasteiger partial charge in [-0.25, -0.2) is 13.2 Å². The first-order valence-electron chi connectivity index (χ1n) is 5.80. The number of ether oxygens (including phenoxy) is 1. The van der Waals surface area contributed by atoms with Gasteiger partial charge in [-0.15, -0.1) is 0 Å². The first-order chi connectivity index (χ1) is 9.54. The maximum absolute atomic E-state index is 12.2. The second kappa shape index (κ2) is 5.75. The van der Waals surface area contributed by atoms with Crippen molar-refractivity contribution in [2.75, 3.05) is 11.8 Å². The molecule has 6 heteroatoms. The van der Waals surface area contributed by atoms with E-state index in [2.05, 4.69) is 9.46 Å². The van der Waals surface area contributed by atoms with Crippen molar-refractivity contribution in [1.82, 2.24) is 0 Å². The lowest BCUT2D eigenvalue weighted by Gasteiger charge is -2.11. The van der Waals surface area contributed by atoms with E-state index in [1.54, 1.807) is 30.3 Å². The van der Waals surface area contributed by atoms with Crippen molar-refractivity contribution in [3.63, 3.8) is 0 Å². The van der Waals surface area contributed by atoms with Crippen LogP contribution < -0.4 is 4.72 Å².